The maximum Gasteiger partial charge on any atom is 1.00 e. The van der Waals surface area contributed by atoms with Crippen molar-refractivity contribution in [3.63, 3.8) is 0 Å². The Hall–Kier alpha value is -7.35. The minimum atomic E-state index is -0.408. The van der Waals surface area contributed by atoms with Crippen molar-refractivity contribution in [2.45, 2.75) is 55.4 Å². The van der Waals surface area contributed by atoms with Crippen LogP contribution in [0.2, 0.25) is 0 Å². The van der Waals surface area contributed by atoms with Gasteiger partial charge in [-0.2, -0.15) is 0 Å². The summed E-state index contributed by atoms with van der Waals surface area (Å²) in [4.78, 5) is 28.5. The molecule has 0 fully saturated rings. The van der Waals surface area contributed by atoms with Crippen LogP contribution < -0.4 is 10.2 Å². The Balaban J connectivity index is 0.000000198. The Morgan fingerprint density at radius 2 is 0.514 bits per heavy atom. The van der Waals surface area contributed by atoms with Crippen molar-refractivity contribution in [2.24, 2.45) is 20.0 Å². The van der Waals surface area contributed by atoms with E-state index in [0.29, 0.717) is 10.8 Å². The van der Waals surface area contributed by atoms with Gasteiger partial charge in [-0.3, -0.25) is 20.0 Å². The van der Waals surface area contributed by atoms with Crippen molar-refractivity contribution < 1.29 is 43.8 Å². The summed E-state index contributed by atoms with van der Waals surface area (Å²) in [6.45, 7) is 16.2. The summed E-state index contributed by atoms with van der Waals surface area (Å²) in [6.07, 6.45) is 0. The molecule has 2 aromatic heterocycles. The molecule has 9 aromatic rings. The molecule has 0 aliphatic carbocycles. The van der Waals surface area contributed by atoms with Crippen molar-refractivity contribution in [1.29, 1.82) is 0 Å². The van der Waals surface area contributed by atoms with E-state index in [0.717, 1.165) is 101 Å². The van der Waals surface area contributed by atoms with Gasteiger partial charge in [0.1, 0.15) is 0 Å². The average Bonchev–Trinajstić information content (AvgIpc) is 3.36. The Kier molecular flexibility index (Phi) is 19.4. The Morgan fingerprint density at radius 1 is 0.300 bits per heavy atom. The minimum Gasteiger partial charge on any atom is -0.872 e. The fraction of sp³-hybridized carbons (Fsp3) is 0.133. The molecule has 0 bridgehead atoms. The minimum absolute atomic E-state index is 0. The van der Waals surface area contributed by atoms with Gasteiger partial charge in [0.2, 0.25) is 0 Å². The first-order valence-corrected chi connectivity index (χ1v) is 22.5. The topological polar surface area (TPSA) is 121 Å². The van der Waals surface area contributed by atoms with Gasteiger partial charge in [-0.05, 0) is 148 Å². The summed E-state index contributed by atoms with van der Waals surface area (Å²) < 4.78 is 0. The fourth-order valence-electron chi connectivity index (χ4n) is 7.46. The van der Waals surface area contributed by atoms with E-state index in [1.807, 2.05) is 161 Å². The van der Waals surface area contributed by atoms with Crippen molar-refractivity contribution in [3.8, 4) is 11.5 Å². The molecule has 0 radical (unpaired) electrons. The Labute approximate surface area is 432 Å². The number of hydrogen-bond donors (Lipinski definition) is 0. The van der Waals surface area contributed by atoms with Crippen molar-refractivity contribution in [1.82, 2.24) is 9.97 Å². The zero-order chi connectivity index (χ0) is 48.2. The summed E-state index contributed by atoms with van der Waals surface area (Å²) in [5, 5.41) is 26.4. The summed E-state index contributed by atoms with van der Waals surface area (Å²) in [5.41, 5.74) is 15.5. The standard InChI is InChI=1S/2C23H23N3.C14H10O2.2Co/c2*1-16-10-5-7-12-20(16)24-18(3)22-14-9-15-23(26-22)19(4)25-21-13-8-6-11-17(21)2;15-13-11-7-3-1-5-9(11)10-6-2-4-8-12(10)14(13)16;;/h2*5-15H,1-4H3;1-8,15-16H;;/q;;;2*+1/p-2. The average molecular weight is 1010 g/mol. The van der Waals surface area contributed by atoms with Crippen LogP contribution in [0.4, 0.5) is 22.7 Å². The van der Waals surface area contributed by atoms with Crippen molar-refractivity contribution >= 4 is 67.1 Å². The molecular formula is C60H54Co2N6O2. The van der Waals surface area contributed by atoms with Crippen molar-refractivity contribution in [3.05, 3.63) is 227 Å². The summed E-state index contributed by atoms with van der Waals surface area (Å²) in [7, 11) is 0. The maximum atomic E-state index is 11.8. The van der Waals surface area contributed by atoms with Gasteiger partial charge >= 0.3 is 33.6 Å². The van der Waals surface area contributed by atoms with E-state index in [2.05, 4.69) is 52.0 Å². The molecule has 0 spiro atoms. The summed E-state index contributed by atoms with van der Waals surface area (Å²) >= 11 is 0. The molecule has 0 N–H and O–H groups in total. The van der Waals surface area contributed by atoms with Crippen LogP contribution in [0.3, 0.4) is 0 Å². The Morgan fingerprint density at radius 3 is 0.757 bits per heavy atom. The number of pyridine rings is 2. The van der Waals surface area contributed by atoms with Crippen LogP contribution in [0.5, 0.6) is 11.5 Å². The third kappa shape index (κ3) is 13.5. The number of nitrogens with zero attached hydrogens (tertiary/aromatic N) is 6. The van der Waals surface area contributed by atoms with Gasteiger partial charge in [0, 0.05) is 0 Å². The molecule has 8 nitrogen and oxygen atoms in total. The van der Waals surface area contributed by atoms with Gasteiger partial charge in [0.05, 0.1) is 68.4 Å². The number of para-hydroxylation sites is 4. The second-order valence-corrected chi connectivity index (χ2v) is 16.5. The number of aromatic nitrogens is 2. The smallest absolute Gasteiger partial charge is 0.872 e. The largest absolute Gasteiger partial charge is 1.00 e. The van der Waals surface area contributed by atoms with Crippen LogP contribution >= 0.6 is 0 Å². The van der Waals surface area contributed by atoms with Crippen LogP contribution in [0.1, 0.15) is 72.7 Å². The normalized spacial score (nSPS) is 11.7. The number of hydrogen-bond acceptors (Lipinski definition) is 8. The van der Waals surface area contributed by atoms with Gasteiger partial charge in [-0.15, -0.1) is 11.5 Å². The summed E-state index contributed by atoms with van der Waals surface area (Å²) in [5.74, 6) is -0.816. The molecule has 0 aliphatic heterocycles. The van der Waals surface area contributed by atoms with Crippen LogP contribution in [0.15, 0.2) is 202 Å². The van der Waals surface area contributed by atoms with Gasteiger partial charge in [0.25, 0.3) is 0 Å². The molecule has 2 heterocycles. The molecule has 0 saturated heterocycles. The quantitative estimate of drug-likeness (QED) is 0.111. The predicted octanol–water partition coefficient (Wildman–Crippen LogP) is 14.1. The predicted molar refractivity (Wildman–Crippen MR) is 281 cm³/mol. The number of benzene rings is 7. The zero-order valence-electron chi connectivity index (χ0n) is 40.5. The molecule has 0 amide bonds. The van der Waals surface area contributed by atoms with Crippen molar-refractivity contribution in [2.75, 3.05) is 0 Å². The summed E-state index contributed by atoms with van der Waals surface area (Å²) in [6, 6.07) is 58.8. The molecule has 0 aliphatic rings. The van der Waals surface area contributed by atoms with Gasteiger partial charge in [-0.25, -0.2) is 9.97 Å². The molecule has 10 heteroatoms. The number of aliphatic imine (C=N–C) groups is 4. The van der Waals surface area contributed by atoms with Crippen LogP contribution in [-0.2, 0) is 33.6 Å². The molecule has 0 saturated carbocycles. The second kappa shape index (κ2) is 25.3. The third-order valence-corrected chi connectivity index (χ3v) is 11.4. The molecule has 354 valence electrons. The fourth-order valence-corrected chi connectivity index (χ4v) is 7.46. The first-order valence-electron chi connectivity index (χ1n) is 22.5. The SMILES string of the molecule is CC(=Nc1ccccc1C)c1cccc(C(C)=Nc2ccccc2C)n1.CC(=Nc1ccccc1C)c1cccc(C(C)=Nc2ccccc2C)n1.[Co+].[Co+].[O-]c1c([O-])c2ccccc2c2ccccc12. The van der Waals surface area contributed by atoms with E-state index in [4.69, 9.17) is 29.9 Å². The van der Waals surface area contributed by atoms with E-state index in [9.17, 15) is 10.2 Å². The van der Waals surface area contributed by atoms with Crippen LogP contribution in [0, 0.1) is 27.7 Å². The van der Waals surface area contributed by atoms with Crippen LogP contribution in [-0.4, -0.2) is 32.8 Å². The molecule has 70 heavy (non-hydrogen) atoms. The molecule has 7 aromatic carbocycles. The van der Waals surface area contributed by atoms with Gasteiger partial charge in [-0.1, -0.05) is 133 Å². The maximum absolute atomic E-state index is 11.8. The van der Waals surface area contributed by atoms with Gasteiger partial charge in [0.15, 0.2) is 0 Å². The molecular weight excluding hydrogens is 955 g/mol. The number of rotatable bonds is 8. The van der Waals surface area contributed by atoms with E-state index in [1.54, 1.807) is 24.3 Å². The van der Waals surface area contributed by atoms with Gasteiger partial charge < -0.3 is 10.2 Å². The molecule has 0 unspecified atom stereocenters. The Bertz CT molecular complexity index is 3000. The molecule has 9 rings (SSSR count). The number of fused-ring (bicyclic) bond motifs is 3. The van der Waals surface area contributed by atoms with E-state index >= 15 is 0 Å². The first-order chi connectivity index (χ1) is 32.9. The third-order valence-electron chi connectivity index (χ3n) is 11.4. The number of aryl methyl sites for hydroxylation is 4. The monoisotopic (exact) mass is 1010 g/mol. The van der Waals surface area contributed by atoms with E-state index in [-0.39, 0.29) is 33.6 Å². The van der Waals surface area contributed by atoms with E-state index < -0.39 is 11.5 Å². The van der Waals surface area contributed by atoms with E-state index in [1.165, 1.54) is 0 Å². The molecule has 0 atom stereocenters. The van der Waals surface area contributed by atoms with Crippen LogP contribution in [0.25, 0.3) is 21.5 Å². The first kappa shape index (κ1) is 53.6. The second-order valence-electron chi connectivity index (χ2n) is 16.5. The zero-order valence-corrected chi connectivity index (χ0v) is 42.6.